The number of rotatable bonds is 5. The predicted molar refractivity (Wildman–Crippen MR) is 109 cm³/mol. The Balaban J connectivity index is 0.000000451. The van der Waals surface area contributed by atoms with Crippen LogP contribution in [-0.2, 0) is 19.1 Å². The lowest BCUT2D eigenvalue weighted by Gasteiger charge is -2.53. The van der Waals surface area contributed by atoms with Crippen LogP contribution in [0, 0.1) is 0 Å². The fourth-order valence-corrected chi connectivity index (χ4v) is 3.23. The Bertz CT molecular complexity index is 800. The normalized spacial score (nSPS) is 19.5. The monoisotopic (exact) mass is 463 g/mol. The molecule has 1 aromatic rings. The van der Waals surface area contributed by atoms with Crippen molar-refractivity contribution in [2.75, 3.05) is 64.3 Å². The molecule has 0 saturated carbocycles. The third-order valence-corrected chi connectivity index (χ3v) is 5.01. The standard InChI is InChI=1S/C17H27N5O3.C2HF3O2/c1-20(2)14-7-15(19-12-18-14)22-10-17(11-22)8-13(5-6-25-17)24-9-16(23)21(3)4;3-2(4,5)1(6)7/h7,12-13H,5-6,8-11H2,1-4H3;(H,6,7). The lowest BCUT2D eigenvalue weighted by Crippen LogP contribution is -2.66. The molecular formula is C19H28F3N5O5. The van der Waals surface area contributed by atoms with Gasteiger partial charge in [-0.2, -0.15) is 13.2 Å². The molecule has 32 heavy (non-hydrogen) atoms. The first-order valence-corrected chi connectivity index (χ1v) is 9.83. The number of amides is 1. The van der Waals surface area contributed by atoms with E-state index in [0.29, 0.717) is 6.61 Å². The molecular weight excluding hydrogens is 435 g/mol. The Kier molecular flexibility index (Phi) is 8.24. The van der Waals surface area contributed by atoms with E-state index in [1.807, 2.05) is 25.1 Å². The summed E-state index contributed by atoms with van der Waals surface area (Å²) in [6.07, 6.45) is -1.77. The summed E-state index contributed by atoms with van der Waals surface area (Å²) in [6, 6.07) is 1.99. The maximum Gasteiger partial charge on any atom is 0.490 e. The van der Waals surface area contributed by atoms with Crippen LogP contribution >= 0.6 is 0 Å². The third-order valence-electron chi connectivity index (χ3n) is 5.01. The molecule has 2 aliphatic heterocycles. The van der Waals surface area contributed by atoms with Gasteiger partial charge in [-0.15, -0.1) is 0 Å². The van der Waals surface area contributed by atoms with Crippen LogP contribution in [0.25, 0.3) is 0 Å². The summed E-state index contributed by atoms with van der Waals surface area (Å²) in [7, 11) is 7.41. The first-order valence-electron chi connectivity index (χ1n) is 9.83. The highest BCUT2D eigenvalue weighted by molar-refractivity contribution is 5.76. The molecule has 1 aromatic heterocycles. The highest BCUT2D eigenvalue weighted by Crippen LogP contribution is 2.37. The second kappa shape index (κ2) is 10.3. The van der Waals surface area contributed by atoms with Gasteiger partial charge in [0.2, 0.25) is 5.91 Å². The molecule has 1 atom stereocenters. The number of aliphatic carboxylic acids is 1. The molecule has 2 aliphatic rings. The zero-order valence-electron chi connectivity index (χ0n) is 18.4. The average Bonchev–Trinajstić information content (AvgIpc) is 2.70. The van der Waals surface area contributed by atoms with Crippen molar-refractivity contribution in [2.45, 2.75) is 30.7 Å². The summed E-state index contributed by atoms with van der Waals surface area (Å²) in [6.45, 7) is 2.38. The van der Waals surface area contributed by atoms with E-state index in [0.717, 1.165) is 37.6 Å². The number of halogens is 3. The number of ether oxygens (including phenoxy) is 2. The first-order chi connectivity index (χ1) is 14.8. The fraction of sp³-hybridized carbons (Fsp3) is 0.684. The van der Waals surface area contributed by atoms with Crippen LogP contribution in [0.15, 0.2) is 12.4 Å². The third kappa shape index (κ3) is 6.92. The molecule has 0 aromatic carbocycles. The van der Waals surface area contributed by atoms with E-state index in [4.69, 9.17) is 19.4 Å². The molecule has 1 unspecified atom stereocenters. The SMILES string of the molecule is CN(C)C(=O)COC1CCOC2(C1)CN(c1cc(N(C)C)ncn1)C2.O=C(O)C(F)(F)F. The second-order valence-electron chi connectivity index (χ2n) is 8.03. The number of hydrogen-bond acceptors (Lipinski definition) is 8. The number of nitrogens with zero attached hydrogens (tertiary/aromatic N) is 5. The van der Waals surface area contributed by atoms with Gasteiger partial charge in [0.15, 0.2) is 0 Å². The predicted octanol–water partition coefficient (Wildman–Crippen LogP) is 1.02. The molecule has 180 valence electrons. The van der Waals surface area contributed by atoms with E-state index >= 15 is 0 Å². The van der Waals surface area contributed by atoms with Crippen LogP contribution < -0.4 is 9.80 Å². The number of hydrogen-bond donors (Lipinski definition) is 1. The topological polar surface area (TPSA) is 108 Å². The van der Waals surface area contributed by atoms with Crippen LogP contribution in [-0.4, -0.2) is 104 Å². The van der Waals surface area contributed by atoms with Crippen LogP contribution in [0.2, 0.25) is 0 Å². The first kappa shape index (κ1) is 25.6. The van der Waals surface area contributed by atoms with E-state index in [-0.39, 0.29) is 24.2 Å². The molecule has 0 radical (unpaired) electrons. The number of aromatic nitrogens is 2. The van der Waals surface area contributed by atoms with Crippen molar-refractivity contribution in [3.8, 4) is 0 Å². The fourth-order valence-electron chi connectivity index (χ4n) is 3.23. The Morgan fingerprint density at radius 3 is 2.44 bits per heavy atom. The molecule has 2 saturated heterocycles. The van der Waals surface area contributed by atoms with Crippen LogP contribution in [0.3, 0.4) is 0 Å². The Morgan fingerprint density at radius 2 is 1.91 bits per heavy atom. The Hall–Kier alpha value is -2.67. The van der Waals surface area contributed by atoms with Crippen molar-refractivity contribution >= 4 is 23.5 Å². The highest BCUT2D eigenvalue weighted by atomic mass is 19.4. The molecule has 3 rings (SSSR count). The Labute approximate surface area is 183 Å². The number of carboxylic acids is 1. The lowest BCUT2D eigenvalue weighted by molar-refractivity contribution is -0.192. The smallest absolute Gasteiger partial charge is 0.475 e. The largest absolute Gasteiger partial charge is 0.490 e. The van der Waals surface area contributed by atoms with E-state index < -0.39 is 12.1 Å². The highest BCUT2D eigenvalue weighted by Gasteiger charge is 2.48. The van der Waals surface area contributed by atoms with Gasteiger partial charge >= 0.3 is 12.1 Å². The average molecular weight is 463 g/mol. The quantitative estimate of drug-likeness (QED) is 0.685. The molecule has 1 spiro atoms. The number of carbonyl (C=O) groups is 2. The van der Waals surface area contributed by atoms with Crippen molar-refractivity contribution in [2.24, 2.45) is 0 Å². The Morgan fingerprint density at radius 1 is 1.28 bits per heavy atom. The lowest BCUT2D eigenvalue weighted by atomic mass is 9.84. The summed E-state index contributed by atoms with van der Waals surface area (Å²) < 4.78 is 43.6. The summed E-state index contributed by atoms with van der Waals surface area (Å²) in [5.74, 6) is -0.960. The van der Waals surface area contributed by atoms with Gasteiger partial charge in [0.1, 0.15) is 30.2 Å². The van der Waals surface area contributed by atoms with Crippen LogP contribution in [0.1, 0.15) is 12.8 Å². The van der Waals surface area contributed by atoms with E-state index in [1.165, 1.54) is 0 Å². The molecule has 3 heterocycles. The van der Waals surface area contributed by atoms with Gasteiger partial charge in [0.05, 0.1) is 19.2 Å². The molecule has 13 heteroatoms. The van der Waals surface area contributed by atoms with Crippen molar-refractivity contribution in [1.29, 1.82) is 0 Å². The minimum absolute atomic E-state index is 0.00650. The maximum absolute atomic E-state index is 11.7. The van der Waals surface area contributed by atoms with Gasteiger partial charge in [-0.05, 0) is 6.42 Å². The summed E-state index contributed by atoms with van der Waals surface area (Å²) in [5.41, 5.74) is -0.187. The molecule has 0 bridgehead atoms. The summed E-state index contributed by atoms with van der Waals surface area (Å²) >= 11 is 0. The molecule has 0 aliphatic carbocycles. The summed E-state index contributed by atoms with van der Waals surface area (Å²) in [5, 5.41) is 7.12. The van der Waals surface area contributed by atoms with Gasteiger partial charge in [-0.3, -0.25) is 4.79 Å². The zero-order chi connectivity index (χ0) is 24.1. The summed E-state index contributed by atoms with van der Waals surface area (Å²) in [4.78, 5) is 34.9. The molecule has 2 fully saturated rings. The van der Waals surface area contributed by atoms with Gasteiger partial charge in [0, 0.05) is 47.3 Å². The van der Waals surface area contributed by atoms with Crippen molar-refractivity contribution in [3.05, 3.63) is 12.4 Å². The van der Waals surface area contributed by atoms with E-state index in [2.05, 4.69) is 14.9 Å². The van der Waals surface area contributed by atoms with Gasteiger partial charge < -0.3 is 29.3 Å². The van der Waals surface area contributed by atoms with Crippen LogP contribution in [0.4, 0.5) is 24.8 Å². The number of alkyl halides is 3. The second-order valence-corrected chi connectivity index (χ2v) is 8.03. The number of anilines is 2. The number of likely N-dealkylation sites (N-methyl/N-ethyl adjacent to an activating group) is 1. The molecule has 1 N–H and O–H groups in total. The van der Waals surface area contributed by atoms with Gasteiger partial charge in [-0.1, -0.05) is 0 Å². The van der Waals surface area contributed by atoms with Crippen LogP contribution in [0.5, 0.6) is 0 Å². The number of carboxylic acid groups (broad SMARTS) is 1. The zero-order valence-corrected chi connectivity index (χ0v) is 18.4. The van der Waals surface area contributed by atoms with Crippen molar-refractivity contribution < 1.29 is 37.3 Å². The molecule has 1 amide bonds. The van der Waals surface area contributed by atoms with E-state index in [1.54, 1.807) is 25.3 Å². The minimum Gasteiger partial charge on any atom is -0.475 e. The maximum atomic E-state index is 11.7. The molecule has 10 nitrogen and oxygen atoms in total. The van der Waals surface area contributed by atoms with Crippen molar-refractivity contribution in [1.82, 2.24) is 14.9 Å². The minimum atomic E-state index is -5.08. The van der Waals surface area contributed by atoms with Gasteiger partial charge in [-0.25, -0.2) is 14.8 Å². The number of carbonyl (C=O) groups excluding carboxylic acids is 1. The van der Waals surface area contributed by atoms with Gasteiger partial charge in [0.25, 0.3) is 0 Å². The van der Waals surface area contributed by atoms with Crippen molar-refractivity contribution in [3.63, 3.8) is 0 Å². The van der Waals surface area contributed by atoms with E-state index in [9.17, 15) is 18.0 Å².